The number of carbonyl (C=O) groups excluding carboxylic acids is 1. The quantitative estimate of drug-likeness (QED) is 0.900. The maximum Gasteiger partial charge on any atom is 0.309 e. The van der Waals surface area contributed by atoms with Crippen LogP contribution in [-0.2, 0) is 16.0 Å². The molecule has 130 valence electrons. The molecule has 1 amide bonds. The summed E-state index contributed by atoms with van der Waals surface area (Å²) in [6.45, 7) is 0.580. The van der Waals surface area contributed by atoms with Gasteiger partial charge in [0.25, 0.3) is 0 Å². The van der Waals surface area contributed by atoms with E-state index in [2.05, 4.69) is 4.98 Å². The largest absolute Gasteiger partial charge is 0.497 e. The molecule has 1 fully saturated rings. The van der Waals surface area contributed by atoms with Gasteiger partial charge in [-0.15, -0.1) is 0 Å². The summed E-state index contributed by atoms with van der Waals surface area (Å²) >= 11 is 0. The van der Waals surface area contributed by atoms with Crippen LogP contribution in [0.3, 0.4) is 0 Å². The lowest BCUT2D eigenvalue weighted by molar-refractivity contribution is -0.141. The third-order valence-corrected chi connectivity index (χ3v) is 4.55. The van der Waals surface area contributed by atoms with Gasteiger partial charge in [0.1, 0.15) is 5.75 Å². The Bertz CT molecular complexity index is 763. The average molecular weight is 340 g/mol. The summed E-state index contributed by atoms with van der Waals surface area (Å²) in [6.07, 6.45) is 1.87. The highest BCUT2D eigenvalue weighted by molar-refractivity contribution is 5.81. The van der Waals surface area contributed by atoms with Crippen LogP contribution in [0.15, 0.2) is 48.7 Å². The molecular weight excluding hydrogens is 320 g/mol. The third kappa shape index (κ3) is 3.79. The predicted octanol–water partition coefficient (Wildman–Crippen LogP) is 1.96. The summed E-state index contributed by atoms with van der Waals surface area (Å²) in [5, 5.41) is 9.52. The maximum absolute atomic E-state index is 12.6. The van der Waals surface area contributed by atoms with E-state index in [1.165, 1.54) is 0 Å². The number of carboxylic acid groups (broad SMARTS) is 1. The van der Waals surface area contributed by atoms with E-state index in [1.54, 1.807) is 24.3 Å². The molecule has 2 aromatic rings. The molecule has 6 nitrogen and oxygen atoms in total. The Hall–Kier alpha value is -2.89. The van der Waals surface area contributed by atoms with E-state index >= 15 is 0 Å². The molecule has 0 saturated carbocycles. The second-order valence-electron chi connectivity index (χ2n) is 6.13. The molecule has 0 unspecified atom stereocenters. The van der Waals surface area contributed by atoms with E-state index in [0.29, 0.717) is 18.0 Å². The van der Waals surface area contributed by atoms with Crippen molar-refractivity contribution in [3.05, 3.63) is 59.9 Å². The number of rotatable bonds is 5. The van der Waals surface area contributed by atoms with Gasteiger partial charge in [-0.25, -0.2) is 0 Å². The molecule has 2 atom stereocenters. The lowest BCUT2D eigenvalue weighted by atomic mass is 9.93. The summed E-state index contributed by atoms with van der Waals surface area (Å²) in [4.78, 5) is 30.1. The van der Waals surface area contributed by atoms with Crippen molar-refractivity contribution in [1.82, 2.24) is 9.88 Å². The third-order valence-electron chi connectivity index (χ3n) is 4.55. The molecule has 2 heterocycles. The van der Waals surface area contributed by atoms with Crippen LogP contribution in [0, 0.1) is 5.92 Å². The Morgan fingerprint density at radius 1 is 1.24 bits per heavy atom. The number of methoxy groups -OCH3 is 1. The summed E-state index contributed by atoms with van der Waals surface area (Å²) in [6, 6.07) is 12.8. The molecule has 0 radical (unpaired) electrons. The molecule has 0 bridgehead atoms. The van der Waals surface area contributed by atoms with Crippen LogP contribution < -0.4 is 4.74 Å². The Morgan fingerprint density at radius 3 is 2.76 bits per heavy atom. The highest BCUT2D eigenvalue weighted by Gasteiger charge is 2.40. The smallest absolute Gasteiger partial charge is 0.309 e. The van der Waals surface area contributed by atoms with Gasteiger partial charge in [0, 0.05) is 30.9 Å². The van der Waals surface area contributed by atoms with Crippen molar-refractivity contribution in [3.8, 4) is 5.75 Å². The van der Waals surface area contributed by atoms with Gasteiger partial charge >= 0.3 is 5.97 Å². The summed E-state index contributed by atoms with van der Waals surface area (Å²) in [5.41, 5.74) is 1.56. The average Bonchev–Trinajstić information content (AvgIpc) is 3.08. The number of pyridine rings is 1. The maximum atomic E-state index is 12.6. The van der Waals surface area contributed by atoms with Crippen LogP contribution in [0.5, 0.6) is 5.75 Å². The first-order valence-corrected chi connectivity index (χ1v) is 8.13. The topological polar surface area (TPSA) is 79.7 Å². The first-order valence-electron chi connectivity index (χ1n) is 8.13. The molecule has 25 heavy (non-hydrogen) atoms. The van der Waals surface area contributed by atoms with E-state index in [-0.39, 0.29) is 24.8 Å². The van der Waals surface area contributed by atoms with Crippen LogP contribution in [0.1, 0.15) is 17.2 Å². The Labute approximate surface area is 146 Å². The van der Waals surface area contributed by atoms with Crippen LogP contribution >= 0.6 is 0 Å². The van der Waals surface area contributed by atoms with Crippen LogP contribution in [0.4, 0.5) is 0 Å². The van der Waals surface area contributed by atoms with Crippen molar-refractivity contribution in [2.45, 2.75) is 12.3 Å². The molecule has 6 heteroatoms. The number of aromatic nitrogens is 1. The normalized spacial score (nSPS) is 19.6. The number of carboxylic acids is 1. The van der Waals surface area contributed by atoms with Gasteiger partial charge in [-0.05, 0) is 29.8 Å². The zero-order valence-electron chi connectivity index (χ0n) is 14.0. The van der Waals surface area contributed by atoms with E-state index in [9.17, 15) is 14.7 Å². The fourth-order valence-corrected chi connectivity index (χ4v) is 3.22. The minimum Gasteiger partial charge on any atom is -0.497 e. The zero-order valence-corrected chi connectivity index (χ0v) is 14.0. The van der Waals surface area contributed by atoms with Gasteiger partial charge in [0.2, 0.25) is 5.91 Å². The van der Waals surface area contributed by atoms with Crippen molar-refractivity contribution in [3.63, 3.8) is 0 Å². The molecule has 1 aromatic heterocycles. The van der Waals surface area contributed by atoms with Crippen LogP contribution in [0.2, 0.25) is 0 Å². The van der Waals surface area contributed by atoms with Gasteiger partial charge in [-0.2, -0.15) is 0 Å². The van der Waals surface area contributed by atoms with Crippen molar-refractivity contribution >= 4 is 11.9 Å². The first-order chi connectivity index (χ1) is 12.1. The number of carbonyl (C=O) groups is 2. The second-order valence-corrected chi connectivity index (χ2v) is 6.13. The minimum atomic E-state index is -0.896. The van der Waals surface area contributed by atoms with Crippen LogP contribution in [0.25, 0.3) is 0 Å². The fourth-order valence-electron chi connectivity index (χ4n) is 3.22. The van der Waals surface area contributed by atoms with Gasteiger partial charge in [-0.1, -0.05) is 18.2 Å². The Morgan fingerprint density at radius 2 is 2.08 bits per heavy atom. The number of aliphatic carboxylic acids is 1. The fraction of sp³-hybridized carbons (Fsp3) is 0.316. The van der Waals surface area contributed by atoms with Crippen molar-refractivity contribution in [1.29, 1.82) is 0 Å². The molecule has 3 rings (SSSR count). The van der Waals surface area contributed by atoms with Crippen molar-refractivity contribution < 1.29 is 19.4 Å². The lowest BCUT2D eigenvalue weighted by Crippen LogP contribution is -2.31. The van der Waals surface area contributed by atoms with E-state index in [4.69, 9.17) is 4.74 Å². The second kappa shape index (κ2) is 7.34. The summed E-state index contributed by atoms with van der Waals surface area (Å²) in [5.74, 6) is -1.20. The Balaban J connectivity index is 1.74. The van der Waals surface area contributed by atoms with Crippen molar-refractivity contribution in [2.24, 2.45) is 5.92 Å². The standard InChI is InChI=1S/C19H20N2O4/c1-25-14-6-4-5-13(9-14)10-18(22)21-11-15(16(12-21)19(23)24)17-7-2-3-8-20-17/h2-9,15-16H,10-12H2,1H3,(H,23,24)/t15-,16-/m1/s1. The SMILES string of the molecule is COc1cccc(CC(=O)N2C[C@@H](C(=O)O)[C@H](c3ccccn3)C2)c1. The Kier molecular flexibility index (Phi) is 4.97. The number of ether oxygens (including phenoxy) is 1. The number of hydrogen-bond donors (Lipinski definition) is 1. The molecule has 1 aliphatic heterocycles. The summed E-state index contributed by atoms with van der Waals surface area (Å²) in [7, 11) is 1.58. The zero-order chi connectivity index (χ0) is 17.8. The number of nitrogens with zero attached hydrogens (tertiary/aromatic N) is 2. The van der Waals surface area contributed by atoms with Gasteiger partial charge < -0.3 is 14.7 Å². The summed E-state index contributed by atoms with van der Waals surface area (Å²) < 4.78 is 5.17. The van der Waals surface area contributed by atoms with Gasteiger partial charge in [-0.3, -0.25) is 14.6 Å². The first kappa shape index (κ1) is 17.0. The van der Waals surface area contributed by atoms with Crippen molar-refractivity contribution in [2.75, 3.05) is 20.2 Å². The predicted molar refractivity (Wildman–Crippen MR) is 91.4 cm³/mol. The monoisotopic (exact) mass is 340 g/mol. The van der Waals surface area contributed by atoms with E-state index in [0.717, 1.165) is 5.56 Å². The number of hydrogen-bond acceptors (Lipinski definition) is 4. The molecule has 1 N–H and O–H groups in total. The van der Waals surface area contributed by atoms with E-state index < -0.39 is 11.9 Å². The number of benzene rings is 1. The molecule has 1 aliphatic rings. The van der Waals surface area contributed by atoms with E-state index in [1.807, 2.05) is 36.4 Å². The molecule has 1 saturated heterocycles. The number of likely N-dealkylation sites (tertiary alicyclic amines) is 1. The molecule has 0 spiro atoms. The molecule has 1 aromatic carbocycles. The molecular formula is C19H20N2O4. The highest BCUT2D eigenvalue weighted by Crippen LogP contribution is 2.32. The lowest BCUT2D eigenvalue weighted by Gasteiger charge is -2.16. The van der Waals surface area contributed by atoms with Gasteiger partial charge in [0.15, 0.2) is 0 Å². The minimum absolute atomic E-state index is 0.0852. The number of amides is 1. The molecule has 0 aliphatic carbocycles. The van der Waals surface area contributed by atoms with Gasteiger partial charge in [0.05, 0.1) is 19.4 Å². The van der Waals surface area contributed by atoms with Crippen LogP contribution in [-0.4, -0.2) is 47.1 Å². The highest BCUT2D eigenvalue weighted by atomic mass is 16.5.